The van der Waals surface area contributed by atoms with Crippen LogP contribution in [0.25, 0.3) is 0 Å². The Morgan fingerprint density at radius 2 is 1.85 bits per heavy atom. The number of benzene rings is 2. The van der Waals surface area contributed by atoms with E-state index in [1.54, 1.807) is 5.32 Å². The van der Waals surface area contributed by atoms with E-state index in [2.05, 4.69) is 5.32 Å². The molecule has 0 fully saturated rings. The molecule has 8 nitrogen and oxygen atoms in total. The number of carbonyl (C=O) groups excluding carboxylic acids is 1. The number of fused-ring (bicyclic) bond motifs is 1. The molecule has 0 radical (unpaired) electrons. The van der Waals surface area contributed by atoms with Gasteiger partial charge in [-0.1, -0.05) is 17.7 Å². The van der Waals surface area contributed by atoms with Gasteiger partial charge in [-0.2, -0.15) is 13.2 Å². The number of nitrogens with one attached hydrogen (secondary N) is 2. The zero-order valence-corrected chi connectivity index (χ0v) is 13.8. The topological polar surface area (TPSA) is 103 Å². The average Bonchev–Trinajstić information content (AvgIpc) is 2.93. The first kappa shape index (κ1) is 18.6. The van der Waals surface area contributed by atoms with E-state index in [4.69, 9.17) is 21.1 Å². The maximum Gasteiger partial charge on any atom is 0.492 e. The third-order valence-electron chi connectivity index (χ3n) is 3.38. The number of halogens is 4. The van der Waals surface area contributed by atoms with Gasteiger partial charge in [0, 0.05) is 28.9 Å². The molecule has 0 bridgehead atoms. The van der Waals surface area contributed by atoms with Crippen molar-refractivity contribution >= 4 is 29.0 Å². The first-order valence-electron chi connectivity index (χ1n) is 7.17. The molecule has 2 amide bonds. The van der Waals surface area contributed by atoms with Crippen LogP contribution < -0.4 is 20.1 Å². The quantitative estimate of drug-likeness (QED) is 0.594. The summed E-state index contributed by atoms with van der Waals surface area (Å²) in [7, 11) is 0. The van der Waals surface area contributed by atoms with E-state index in [0.717, 1.165) is 24.3 Å². The van der Waals surface area contributed by atoms with Crippen molar-refractivity contribution < 1.29 is 32.4 Å². The molecule has 0 unspecified atom stereocenters. The van der Waals surface area contributed by atoms with Crippen LogP contribution in [0.3, 0.4) is 0 Å². The molecule has 1 heterocycles. The largest absolute Gasteiger partial charge is 0.492 e. The lowest BCUT2D eigenvalue weighted by Gasteiger charge is -2.29. The molecule has 0 spiro atoms. The molecular weight excluding hydrogens is 395 g/mol. The summed E-state index contributed by atoms with van der Waals surface area (Å²) >= 11 is 5.71. The monoisotopic (exact) mass is 403 g/mol. The number of nitrogens with zero attached hydrogens (tertiary/aromatic N) is 1. The number of ether oxygens (including phenoxy) is 2. The van der Waals surface area contributed by atoms with Crippen molar-refractivity contribution in [3.05, 3.63) is 57.6 Å². The van der Waals surface area contributed by atoms with Gasteiger partial charge in [-0.25, -0.2) is 4.79 Å². The van der Waals surface area contributed by atoms with Gasteiger partial charge >= 0.3 is 18.1 Å². The fraction of sp³-hybridized carbons (Fsp3) is 0.133. The fourth-order valence-electron chi connectivity index (χ4n) is 2.22. The highest BCUT2D eigenvalue weighted by molar-refractivity contribution is 6.30. The number of rotatable bonds is 3. The number of amides is 2. The van der Waals surface area contributed by atoms with Gasteiger partial charge in [0.1, 0.15) is 0 Å². The summed E-state index contributed by atoms with van der Waals surface area (Å²) < 4.78 is 50.2. The third kappa shape index (κ3) is 3.67. The molecule has 3 rings (SSSR count). The second-order valence-corrected chi connectivity index (χ2v) is 5.73. The lowest BCUT2D eigenvalue weighted by Crippen LogP contribution is -2.65. The molecule has 142 valence electrons. The second kappa shape index (κ2) is 6.50. The van der Waals surface area contributed by atoms with Crippen LogP contribution in [0.1, 0.15) is 0 Å². The minimum absolute atomic E-state index is 0.0995. The minimum atomic E-state index is -5.15. The fourth-order valence-corrected chi connectivity index (χ4v) is 2.39. The lowest BCUT2D eigenvalue weighted by atomic mass is 10.3. The van der Waals surface area contributed by atoms with Gasteiger partial charge in [0.05, 0.1) is 4.92 Å². The maximum atomic E-state index is 13.5. The maximum absolute atomic E-state index is 13.5. The van der Waals surface area contributed by atoms with Gasteiger partial charge in [0.2, 0.25) is 0 Å². The SMILES string of the molecule is O=C(Nc1cccc([N+](=O)[O-])c1)N[C@@]1(C(F)(F)F)Oc2ccc(Cl)cc2O1. The molecule has 0 aromatic heterocycles. The van der Waals surface area contributed by atoms with Crippen LogP contribution in [0.4, 0.5) is 29.3 Å². The molecule has 27 heavy (non-hydrogen) atoms. The van der Waals surface area contributed by atoms with Crippen LogP contribution in [0.2, 0.25) is 5.02 Å². The predicted molar refractivity (Wildman–Crippen MR) is 86.7 cm³/mol. The summed E-state index contributed by atoms with van der Waals surface area (Å²) in [6, 6.07) is 6.85. The molecule has 1 atom stereocenters. The van der Waals surface area contributed by atoms with Crippen molar-refractivity contribution in [2.45, 2.75) is 12.1 Å². The van der Waals surface area contributed by atoms with Crippen LogP contribution in [0.5, 0.6) is 11.5 Å². The van der Waals surface area contributed by atoms with Crippen molar-refractivity contribution in [2.75, 3.05) is 5.32 Å². The zero-order valence-electron chi connectivity index (χ0n) is 13.0. The van der Waals surface area contributed by atoms with Gasteiger partial charge < -0.3 is 14.8 Å². The molecule has 0 aliphatic carbocycles. The number of nitro benzene ring substituents is 1. The Morgan fingerprint density at radius 3 is 2.52 bits per heavy atom. The van der Waals surface area contributed by atoms with E-state index in [-0.39, 0.29) is 27.9 Å². The predicted octanol–water partition coefficient (Wildman–Crippen LogP) is 4.06. The van der Waals surface area contributed by atoms with Crippen LogP contribution in [-0.4, -0.2) is 23.0 Å². The second-order valence-electron chi connectivity index (χ2n) is 5.30. The van der Waals surface area contributed by atoms with Crippen molar-refractivity contribution in [1.29, 1.82) is 0 Å². The Hall–Kier alpha value is -3.21. The lowest BCUT2D eigenvalue weighted by molar-refractivity contribution is -0.384. The van der Waals surface area contributed by atoms with Crippen LogP contribution in [0.15, 0.2) is 42.5 Å². The highest BCUT2D eigenvalue weighted by atomic mass is 35.5. The first-order chi connectivity index (χ1) is 12.6. The molecule has 1 aliphatic rings. The number of carbonyl (C=O) groups is 1. The summed E-state index contributed by atoms with van der Waals surface area (Å²) in [6.45, 7) is 0. The van der Waals surface area contributed by atoms with E-state index < -0.39 is 23.0 Å². The van der Waals surface area contributed by atoms with Gasteiger partial charge in [0.15, 0.2) is 11.5 Å². The van der Waals surface area contributed by atoms with Crippen molar-refractivity contribution in [2.24, 2.45) is 0 Å². The number of urea groups is 1. The molecule has 1 aliphatic heterocycles. The molecule has 0 saturated carbocycles. The number of alkyl halides is 3. The van der Waals surface area contributed by atoms with E-state index >= 15 is 0 Å². The third-order valence-corrected chi connectivity index (χ3v) is 3.61. The average molecular weight is 404 g/mol. The summed E-state index contributed by atoms with van der Waals surface area (Å²) in [6.07, 6.45) is -5.15. The summed E-state index contributed by atoms with van der Waals surface area (Å²) in [5.74, 6) is -4.06. The normalized spacial score (nSPS) is 18.1. The first-order valence-corrected chi connectivity index (χ1v) is 7.55. The van der Waals surface area contributed by atoms with Gasteiger partial charge in [-0.15, -0.1) is 0 Å². The van der Waals surface area contributed by atoms with Crippen LogP contribution in [0, 0.1) is 10.1 Å². The summed E-state index contributed by atoms with van der Waals surface area (Å²) in [4.78, 5) is 22.1. The van der Waals surface area contributed by atoms with Gasteiger partial charge in [-0.05, 0) is 18.2 Å². The minimum Gasteiger partial charge on any atom is -0.424 e. The number of hydrogen-bond acceptors (Lipinski definition) is 5. The Kier molecular flexibility index (Phi) is 4.47. The van der Waals surface area contributed by atoms with Crippen molar-refractivity contribution in [1.82, 2.24) is 5.32 Å². The zero-order chi connectivity index (χ0) is 19.8. The number of hydrogen-bond donors (Lipinski definition) is 2. The van der Waals surface area contributed by atoms with E-state index in [9.17, 15) is 28.1 Å². The molecule has 2 N–H and O–H groups in total. The molecule has 12 heteroatoms. The Labute approximate surface area is 154 Å². The summed E-state index contributed by atoms with van der Waals surface area (Å²) in [5.41, 5.74) is -0.452. The molecular formula is C15H9ClF3N3O5. The van der Waals surface area contributed by atoms with Crippen molar-refractivity contribution in [3.63, 3.8) is 0 Å². The van der Waals surface area contributed by atoms with Gasteiger partial charge in [0.25, 0.3) is 5.69 Å². The van der Waals surface area contributed by atoms with Gasteiger partial charge in [-0.3, -0.25) is 15.4 Å². The smallest absolute Gasteiger partial charge is 0.424 e. The molecule has 2 aromatic carbocycles. The highest BCUT2D eigenvalue weighted by Crippen LogP contribution is 2.46. The van der Waals surface area contributed by atoms with E-state index in [1.165, 1.54) is 18.2 Å². The standard InChI is InChI=1S/C15H9ClF3N3O5/c16-8-4-5-11-12(6-8)27-15(26-11,14(17,18)19)21-13(23)20-9-2-1-3-10(7-9)22(24)25/h1-7H,(H2,20,21,23)/t15-/m0/s1. The molecule has 2 aromatic rings. The van der Waals surface area contributed by atoms with Crippen LogP contribution in [-0.2, 0) is 0 Å². The highest BCUT2D eigenvalue weighted by Gasteiger charge is 2.65. The Bertz CT molecular complexity index is 924. The Balaban J connectivity index is 1.81. The van der Waals surface area contributed by atoms with Crippen LogP contribution >= 0.6 is 11.6 Å². The number of nitro groups is 1. The molecule has 0 saturated heterocycles. The number of non-ortho nitro benzene ring substituents is 1. The number of anilines is 1. The van der Waals surface area contributed by atoms with E-state index in [1.807, 2.05) is 0 Å². The van der Waals surface area contributed by atoms with E-state index in [0.29, 0.717) is 0 Å². The van der Waals surface area contributed by atoms with Crippen molar-refractivity contribution in [3.8, 4) is 11.5 Å². The Morgan fingerprint density at radius 1 is 1.15 bits per heavy atom. The summed E-state index contributed by atoms with van der Waals surface area (Å²) in [5, 5.41) is 14.5.